The van der Waals surface area contributed by atoms with Crippen LogP contribution in [0.1, 0.15) is 36.0 Å². The van der Waals surface area contributed by atoms with E-state index in [0.717, 1.165) is 32.4 Å². The molecule has 3 N–H and O–H groups in total. The van der Waals surface area contributed by atoms with Crippen LogP contribution in [0.3, 0.4) is 0 Å². The van der Waals surface area contributed by atoms with Crippen LogP contribution in [0.25, 0.3) is 0 Å². The number of amides is 2. The maximum absolute atomic E-state index is 12.9. The van der Waals surface area contributed by atoms with E-state index in [1.54, 1.807) is 17.0 Å². The predicted octanol–water partition coefficient (Wildman–Crippen LogP) is 1.54. The lowest BCUT2D eigenvalue weighted by Crippen LogP contribution is -2.46. The van der Waals surface area contributed by atoms with E-state index < -0.39 is 4.92 Å². The van der Waals surface area contributed by atoms with Crippen LogP contribution in [-0.4, -0.2) is 60.9 Å². The quantitative estimate of drug-likeness (QED) is 0.526. The maximum Gasteiger partial charge on any atom is 0.293 e. The molecule has 29 heavy (non-hydrogen) atoms. The molecule has 2 heterocycles. The summed E-state index contributed by atoms with van der Waals surface area (Å²) >= 11 is 0. The van der Waals surface area contributed by atoms with E-state index in [1.165, 1.54) is 6.07 Å². The molecule has 0 bridgehead atoms. The van der Waals surface area contributed by atoms with Gasteiger partial charge in [-0.05, 0) is 37.8 Å². The molecule has 0 aromatic heterocycles. The third-order valence-electron chi connectivity index (χ3n) is 5.39. The second-order valence-corrected chi connectivity index (χ2v) is 7.32. The van der Waals surface area contributed by atoms with Crippen LogP contribution in [0.5, 0.6) is 0 Å². The fourth-order valence-electron chi connectivity index (χ4n) is 3.93. The van der Waals surface area contributed by atoms with Gasteiger partial charge in [-0.3, -0.25) is 19.7 Å². The Morgan fingerprint density at radius 3 is 2.59 bits per heavy atom. The number of benzene rings is 1. The summed E-state index contributed by atoms with van der Waals surface area (Å²) < 4.78 is 0. The lowest BCUT2D eigenvalue weighted by Gasteiger charge is -2.32. The van der Waals surface area contributed by atoms with Crippen molar-refractivity contribution in [1.29, 1.82) is 0 Å². The van der Waals surface area contributed by atoms with Gasteiger partial charge in [-0.2, -0.15) is 0 Å². The fourth-order valence-corrected chi connectivity index (χ4v) is 3.93. The SMILES string of the molecule is Cl.NCCNC(=O)C1CCCN(C(=O)c2ccc(N3CCCC3)c([N+](=O)[O-])c2)C1. The monoisotopic (exact) mass is 425 g/mol. The van der Waals surface area contributed by atoms with Gasteiger partial charge in [0.15, 0.2) is 0 Å². The molecule has 1 aromatic rings. The van der Waals surface area contributed by atoms with Gasteiger partial charge >= 0.3 is 0 Å². The minimum Gasteiger partial charge on any atom is -0.366 e. The number of carbonyl (C=O) groups is 2. The van der Waals surface area contributed by atoms with E-state index in [2.05, 4.69) is 5.32 Å². The zero-order valence-electron chi connectivity index (χ0n) is 16.3. The first-order chi connectivity index (χ1) is 13.5. The Hall–Kier alpha value is -2.39. The number of nitro benzene ring substituents is 1. The van der Waals surface area contributed by atoms with Crippen LogP contribution in [-0.2, 0) is 4.79 Å². The van der Waals surface area contributed by atoms with Crippen molar-refractivity contribution in [2.75, 3.05) is 44.2 Å². The maximum atomic E-state index is 12.9. The van der Waals surface area contributed by atoms with Gasteiger partial charge in [0.25, 0.3) is 11.6 Å². The second kappa shape index (κ2) is 10.4. The van der Waals surface area contributed by atoms with Gasteiger partial charge in [0.2, 0.25) is 5.91 Å². The van der Waals surface area contributed by atoms with Gasteiger partial charge in [-0.15, -0.1) is 12.4 Å². The molecule has 160 valence electrons. The number of hydrogen-bond donors (Lipinski definition) is 2. The molecule has 2 fully saturated rings. The van der Waals surface area contributed by atoms with Crippen molar-refractivity contribution in [2.45, 2.75) is 25.7 Å². The first-order valence-corrected chi connectivity index (χ1v) is 9.81. The summed E-state index contributed by atoms with van der Waals surface area (Å²) in [5.74, 6) is -0.645. The lowest BCUT2D eigenvalue weighted by atomic mass is 9.96. The summed E-state index contributed by atoms with van der Waals surface area (Å²) in [4.78, 5) is 39.9. The highest BCUT2D eigenvalue weighted by molar-refractivity contribution is 5.96. The van der Waals surface area contributed by atoms with Crippen molar-refractivity contribution in [3.8, 4) is 0 Å². The van der Waals surface area contributed by atoms with Crippen molar-refractivity contribution in [2.24, 2.45) is 11.7 Å². The molecule has 0 radical (unpaired) electrons. The van der Waals surface area contributed by atoms with Crippen LogP contribution in [0.2, 0.25) is 0 Å². The molecule has 1 aromatic carbocycles. The van der Waals surface area contributed by atoms with E-state index in [9.17, 15) is 19.7 Å². The zero-order chi connectivity index (χ0) is 20.1. The van der Waals surface area contributed by atoms with Crippen molar-refractivity contribution >= 4 is 35.6 Å². The fraction of sp³-hybridized carbons (Fsp3) is 0.579. The van der Waals surface area contributed by atoms with Gasteiger partial charge < -0.3 is 20.9 Å². The van der Waals surface area contributed by atoms with E-state index in [0.29, 0.717) is 38.3 Å². The zero-order valence-corrected chi connectivity index (χ0v) is 17.2. The summed E-state index contributed by atoms with van der Waals surface area (Å²) in [6.45, 7) is 3.22. The molecule has 10 heteroatoms. The average molecular weight is 426 g/mol. The van der Waals surface area contributed by atoms with E-state index in [-0.39, 0.29) is 41.4 Å². The summed E-state index contributed by atoms with van der Waals surface area (Å²) in [6, 6.07) is 4.70. The number of hydrogen-bond acceptors (Lipinski definition) is 6. The van der Waals surface area contributed by atoms with Gasteiger partial charge in [0.05, 0.1) is 10.8 Å². The highest BCUT2D eigenvalue weighted by Gasteiger charge is 2.30. The molecule has 0 aliphatic carbocycles. The smallest absolute Gasteiger partial charge is 0.293 e. The Morgan fingerprint density at radius 2 is 1.93 bits per heavy atom. The molecule has 2 amide bonds. The third-order valence-corrected chi connectivity index (χ3v) is 5.39. The first kappa shape index (κ1) is 22.9. The van der Waals surface area contributed by atoms with Crippen LogP contribution < -0.4 is 16.0 Å². The Bertz CT molecular complexity index is 754. The average Bonchev–Trinajstić information content (AvgIpc) is 3.25. The molecule has 3 rings (SSSR count). The van der Waals surface area contributed by atoms with E-state index >= 15 is 0 Å². The molecular weight excluding hydrogens is 398 g/mol. The highest BCUT2D eigenvalue weighted by atomic mass is 35.5. The molecule has 2 saturated heterocycles. The van der Waals surface area contributed by atoms with Gasteiger partial charge in [-0.25, -0.2) is 0 Å². The molecule has 1 atom stereocenters. The van der Waals surface area contributed by atoms with E-state index in [1.807, 2.05) is 4.90 Å². The standard InChI is InChI=1S/C19H27N5O4.ClH/c20-7-8-21-18(25)15-4-3-11-23(13-15)19(26)14-5-6-16(17(12-14)24(27)28)22-9-1-2-10-22;/h5-6,12,15H,1-4,7-11,13,20H2,(H,21,25);1H. The summed E-state index contributed by atoms with van der Waals surface area (Å²) in [5.41, 5.74) is 6.23. The highest BCUT2D eigenvalue weighted by Crippen LogP contribution is 2.32. The Balaban J connectivity index is 0.00000300. The van der Waals surface area contributed by atoms with Gasteiger partial charge in [-0.1, -0.05) is 0 Å². The molecule has 2 aliphatic rings. The van der Waals surface area contributed by atoms with Crippen molar-refractivity contribution < 1.29 is 14.5 Å². The number of carbonyl (C=O) groups excluding carboxylic acids is 2. The van der Waals surface area contributed by atoms with Crippen molar-refractivity contribution in [1.82, 2.24) is 10.2 Å². The Labute approximate surface area is 176 Å². The molecular formula is C19H28ClN5O4. The molecule has 1 unspecified atom stereocenters. The number of halogens is 1. The van der Waals surface area contributed by atoms with E-state index in [4.69, 9.17) is 5.73 Å². The number of rotatable bonds is 6. The molecule has 0 spiro atoms. The van der Waals surface area contributed by atoms with Gasteiger partial charge in [0, 0.05) is 50.9 Å². The number of nitro groups is 1. The van der Waals surface area contributed by atoms with Crippen LogP contribution in [0.15, 0.2) is 18.2 Å². The van der Waals surface area contributed by atoms with Crippen molar-refractivity contribution in [3.63, 3.8) is 0 Å². The number of nitrogens with two attached hydrogens (primary N) is 1. The van der Waals surface area contributed by atoms with Crippen LogP contribution in [0.4, 0.5) is 11.4 Å². The normalized spacial score (nSPS) is 18.9. The molecule has 2 aliphatic heterocycles. The number of piperidine rings is 1. The second-order valence-electron chi connectivity index (χ2n) is 7.32. The summed E-state index contributed by atoms with van der Waals surface area (Å²) in [7, 11) is 0. The predicted molar refractivity (Wildman–Crippen MR) is 112 cm³/mol. The Morgan fingerprint density at radius 1 is 1.21 bits per heavy atom. The Kier molecular flexibility index (Phi) is 8.21. The van der Waals surface area contributed by atoms with Crippen LogP contribution in [0, 0.1) is 16.0 Å². The van der Waals surface area contributed by atoms with Gasteiger partial charge in [0.1, 0.15) is 5.69 Å². The number of nitrogens with zero attached hydrogens (tertiary/aromatic N) is 3. The third kappa shape index (κ3) is 5.36. The largest absolute Gasteiger partial charge is 0.366 e. The van der Waals surface area contributed by atoms with Crippen LogP contribution >= 0.6 is 12.4 Å². The minimum atomic E-state index is -0.427. The molecule has 9 nitrogen and oxygen atoms in total. The number of nitrogens with one attached hydrogen (secondary N) is 1. The minimum absolute atomic E-state index is 0. The number of anilines is 1. The molecule has 0 saturated carbocycles. The lowest BCUT2D eigenvalue weighted by molar-refractivity contribution is -0.384. The van der Waals surface area contributed by atoms with Crippen molar-refractivity contribution in [3.05, 3.63) is 33.9 Å². The summed E-state index contributed by atoms with van der Waals surface area (Å²) in [5, 5.41) is 14.3. The topological polar surface area (TPSA) is 122 Å². The number of likely N-dealkylation sites (tertiary alicyclic amines) is 1. The first-order valence-electron chi connectivity index (χ1n) is 9.81. The summed E-state index contributed by atoms with van der Waals surface area (Å²) in [6.07, 6.45) is 3.47.